The van der Waals surface area contributed by atoms with Gasteiger partial charge in [-0.05, 0) is 28.8 Å². The molecule has 0 amide bonds. The second-order valence-electron chi connectivity index (χ2n) is 7.15. The largest absolute Gasteiger partial charge is 0.294 e. The van der Waals surface area contributed by atoms with Gasteiger partial charge in [0.1, 0.15) is 10.6 Å². The van der Waals surface area contributed by atoms with Gasteiger partial charge in [0.15, 0.2) is 0 Å². The van der Waals surface area contributed by atoms with E-state index < -0.39 is 5.82 Å². The summed E-state index contributed by atoms with van der Waals surface area (Å²) < 4.78 is 15.6. The summed E-state index contributed by atoms with van der Waals surface area (Å²) in [5.74, 6) is -0.443. The fraction of sp³-hybridized carbons (Fsp3) is 0.0400. The topological polar surface area (TPSA) is 34.9 Å². The van der Waals surface area contributed by atoms with Crippen molar-refractivity contribution < 1.29 is 4.39 Å². The predicted molar refractivity (Wildman–Crippen MR) is 125 cm³/mol. The number of hydrogen-bond acceptors (Lipinski definition) is 3. The molecule has 5 rings (SSSR count). The van der Waals surface area contributed by atoms with Crippen LogP contribution in [-0.4, -0.2) is 9.55 Å². The average Bonchev–Trinajstić information content (AvgIpc) is 3.23. The summed E-state index contributed by atoms with van der Waals surface area (Å²) in [5, 5.41) is 2.76. The molecule has 152 valence electrons. The molecule has 0 unspecified atom stereocenters. The van der Waals surface area contributed by atoms with E-state index in [0.29, 0.717) is 10.2 Å². The Bertz CT molecular complexity index is 1420. The zero-order chi connectivity index (χ0) is 21.4. The van der Waals surface area contributed by atoms with Gasteiger partial charge in [-0.25, -0.2) is 9.37 Å². The van der Waals surface area contributed by atoms with Crippen LogP contribution in [0.2, 0.25) is 5.02 Å². The van der Waals surface area contributed by atoms with Gasteiger partial charge in [-0.15, -0.1) is 11.3 Å². The van der Waals surface area contributed by atoms with E-state index >= 15 is 0 Å². The molecule has 0 saturated heterocycles. The molecular weight excluding hydrogens is 431 g/mol. The van der Waals surface area contributed by atoms with Crippen molar-refractivity contribution in [3.05, 3.63) is 111 Å². The second-order valence-corrected chi connectivity index (χ2v) is 8.42. The fourth-order valence-corrected chi connectivity index (χ4v) is 4.75. The van der Waals surface area contributed by atoms with Gasteiger partial charge in [-0.1, -0.05) is 72.3 Å². The minimum atomic E-state index is -0.443. The Morgan fingerprint density at radius 1 is 0.903 bits per heavy atom. The Kier molecular flexibility index (Phi) is 5.14. The summed E-state index contributed by atoms with van der Waals surface area (Å²) in [6.45, 7) is 0.0233. The molecule has 6 heteroatoms. The highest BCUT2D eigenvalue weighted by atomic mass is 35.5. The average molecular weight is 447 g/mol. The Labute approximate surface area is 187 Å². The molecule has 0 radical (unpaired) electrons. The van der Waals surface area contributed by atoms with Crippen molar-refractivity contribution in [1.29, 1.82) is 0 Å². The first-order chi connectivity index (χ1) is 15.1. The summed E-state index contributed by atoms with van der Waals surface area (Å²) in [6, 6.07) is 22.7. The van der Waals surface area contributed by atoms with Crippen LogP contribution in [0, 0.1) is 5.82 Å². The number of fused-ring (bicyclic) bond motifs is 1. The van der Waals surface area contributed by atoms with Gasteiger partial charge in [0.05, 0.1) is 18.3 Å². The Morgan fingerprint density at radius 2 is 1.61 bits per heavy atom. The van der Waals surface area contributed by atoms with Crippen LogP contribution in [0.25, 0.3) is 32.5 Å². The Morgan fingerprint density at radius 3 is 2.35 bits per heavy atom. The van der Waals surface area contributed by atoms with Crippen LogP contribution < -0.4 is 5.56 Å². The van der Waals surface area contributed by atoms with Crippen molar-refractivity contribution in [2.75, 3.05) is 0 Å². The molecule has 0 saturated carbocycles. The van der Waals surface area contributed by atoms with Gasteiger partial charge < -0.3 is 0 Å². The lowest BCUT2D eigenvalue weighted by Crippen LogP contribution is -2.21. The summed E-state index contributed by atoms with van der Waals surface area (Å²) in [6.07, 6.45) is 1.45. The van der Waals surface area contributed by atoms with E-state index in [0.717, 1.165) is 22.3 Å². The van der Waals surface area contributed by atoms with Gasteiger partial charge in [-0.3, -0.25) is 9.36 Å². The molecule has 0 N–H and O–H groups in total. The summed E-state index contributed by atoms with van der Waals surface area (Å²) in [7, 11) is 0. The minimum absolute atomic E-state index is 0.0233. The number of nitrogens with zero attached hydrogens (tertiary/aromatic N) is 2. The summed E-state index contributed by atoms with van der Waals surface area (Å²) >= 11 is 7.57. The highest BCUT2D eigenvalue weighted by molar-refractivity contribution is 7.17. The maximum atomic E-state index is 14.2. The van der Waals surface area contributed by atoms with E-state index in [2.05, 4.69) is 17.1 Å². The van der Waals surface area contributed by atoms with E-state index in [1.165, 1.54) is 28.3 Å². The third-order valence-electron chi connectivity index (χ3n) is 5.25. The van der Waals surface area contributed by atoms with E-state index in [1.54, 1.807) is 12.1 Å². The van der Waals surface area contributed by atoms with Crippen LogP contribution in [0.4, 0.5) is 4.39 Å². The molecule has 0 aliphatic rings. The molecule has 31 heavy (non-hydrogen) atoms. The van der Waals surface area contributed by atoms with Crippen molar-refractivity contribution >= 4 is 33.2 Å². The molecule has 0 fully saturated rings. The molecule has 0 aliphatic carbocycles. The number of rotatable bonds is 4. The first-order valence-corrected chi connectivity index (χ1v) is 10.9. The molecule has 0 spiro atoms. The molecule has 0 atom stereocenters. The minimum Gasteiger partial charge on any atom is -0.294 e. The molecule has 3 nitrogen and oxygen atoms in total. The van der Waals surface area contributed by atoms with Gasteiger partial charge in [0.2, 0.25) is 0 Å². The van der Waals surface area contributed by atoms with Crippen LogP contribution in [0.15, 0.2) is 89.3 Å². The molecular formula is C25H16ClFN2OS. The van der Waals surface area contributed by atoms with Crippen LogP contribution >= 0.6 is 22.9 Å². The van der Waals surface area contributed by atoms with Crippen molar-refractivity contribution in [1.82, 2.24) is 9.55 Å². The van der Waals surface area contributed by atoms with Crippen molar-refractivity contribution in [2.24, 2.45) is 0 Å². The first kappa shape index (κ1) is 19.7. The summed E-state index contributed by atoms with van der Waals surface area (Å²) in [4.78, 5) is 18.3. The molecule has 2 heterocycles. The van der Waals surface area contributed by atoms with Gasteiger partial charge >= 0.3 is 0 Å². The Hall–Kier alpha value is -3.28. The normalized spacial score (nSPS) is 11.2. The van der Waals surface area contributed by atoms with Gasteiger partial charge in [0.25, 0.3) is 5.56 Å². The number of benzene rings is 3. The maximum absolute atomic E-state index is 14.2. The van der Waals surface area contributed by atoms with E-state index in [9.17, 15) is 9.18 Å². The standard InChI is InChI=1S/C25H16ClFN2OS/c26-21-7-4-8-22(27)19(21)13-29-15-28-24-23(25(29)30)20(14-31-24)18-11-9-17(10-12-18)16-5-2-1-3-6-16/h1-12,14-15H,13H2. The number of halogens is 2. The Balaban J connectivity index is 1.56. The van der Waals surface area contributed by atoms with E-state index in [4.69, 9.17) is 11.6 Å². The molecule has 5 aromatic rings. The third kappa shape index (κ3) is 3.67. The van der Waals surface area contributed by atoms with Crippen LogP contribution in [0.5, 0.6) is 0 Å². The van der Waals surface area contributed by atoms with Crippen molar-refractivity contribution in [3.63, 3.8) is 0 Å². The molecule has 0 aliphatic heterocycles. The number of aromatic nitrogens is 2. The van der Waals surface area contributed by atoms with Crippen LogP contribution in [-0.2, 0) is 6.54 Å². The lowest BCUT2D eigenvalue weighted by molar-refractivity contribution is 0.595. The lowest BCUT2D eigenvalue weighted by atomic mass is 10.0. The van der Waals surface area contributed by atoms with Crippen LogP contribution in [0.1, 0.15) is 5.56 Å². The third-order valence-corrected chi connectivity index (χ3v) is 6.49. The van der Waals surface area contributed by atoms with E-state index in [1.807, 2.05) is 47.8 Å². The highest BCUT2D eigenvalue weighted by Crippen LogP contribution is 2.32. The van der Waals surface area contributed by atoms with Crippen molar-refractivity contribution in [3.8, 4) is 22.3 Å². The SMILES string of the molecule is O=c1c2c(-c3ccc(-c4ccccc4)cc3)csc2ncn1Cc1c(F)cccc1Cl. The highest BCUT2D eigenvalue weighted by Gasteiger charge is 2.15. The quantitative estimate of drug-likeness (QED) is 0.310. The lowest BCUT2D eigenvalue weighted by Gasteiger charge is -2.09. The first-order valence-electron chi connectivity index (χ1n) is 9.67. The van der Waals surface area contributed by atoms with Crippen LogP contribution in [0.3, 0.4) is 0 Å². The van der Waals surface area contributed by atoms with Gasteiger partial charge in [0, 0.05) is 21.5 Å². The van der Waals surface area contributed by atoms with E-state index in [-0.39, 0.29) is 22.7 Å². The maximum Gasteiger partial charge on any atom is 0.263 e. The molecule has 2 aromatic heterocycles. The monoisotopic (exact) mass is 446 g/mol. The molecule has 3 aromatic carbocycles. The number of thiophene rings is 1. The predicted octanol–water partition coefficient (Wildman–Crippen LogP) is 6.63. The number of hydrogen-bond donors (Lipinski definition) is 0. The molecule has 0 bridgehead atoms. The fourth-order valence-electron chi connectivity index (χ4n) is 3.62. The zero-order valence-corrected chi connectivity index (χ0v) is 17.8. The van der Waals surface area contributed by atoms with Gasteiger partial charge in [-0.2, -0.15) is 0 Å². The summed E-state index contributed by atoms with van der Waals surface area (Å²) in [5.41, 5.74) is 4.06. The second kappa shape index (κ2) is 8.10. The smallest absolute Gasteiger partial charge is 0.263 e. The van der Waals surface area contributed by atoms with Crippen molar-refractivity contribution in [2.45, 2.75) is 6.54 Å². The zero-order valence-electron chi connectivity index (χ0n) is 16.3.